The third-order valence-electron chi connectivity index (χ3n) is 3.56. The Bertz CT molecular complexity index is 1080. The van der Waals surface area contributed by atoms with E-state index >= 15 is 0 Å². The maximum absolute atomic E-state index is 12.2. The average Bonchev–Trinajstić information content (AvgIpc) is 2.99. The van der Waals surface area contributed by atoms with Gasteiger partial charge in [-0.2, -0.15) is 0 Å². The average molecular weight is 396 g/mol. The molecule has 0 unspecified atom stereocenters. The number of amides is 1. The van der Waals surface area contributed by atoms with Crippen LogP contribution in [0.15, 0.2) is 41.3 Å². The Labute approximate surface area is 153 Å². The van der Waals surface area contributed by atoms with Crippen LogP contribution in [0.4, 0.5) is 5.13 Å². The molecule has 0 spiro atoms. The molecule has 1 heterocycles. The molecule has 0 radical (unpaired) electrons. The number of nitrogens with one attached hydrogen (secondary N) is 2. The van der Waals surface area contributed by atoms with Crippen LogP contribution in [0.3, 0.4) is 0 Å². The highest BCUT2D eigenvalue weighted by Gasteiger charge is 2.13. The summed E-state index contributed by atoms with van der Waals surface area (Å²) in [5.41, 5.74) is 7.15. The maximum Gasteiger partial charge on any atom is 0.269 e. The zero-order valence-corrected chi connectivity index (χ0v) is 15.7. The summed E-state index contributed by atoms with van der Waals surface area (Å²) in [4.78, 5) is 16.7. The van der Waals surface area contributed by atoms with E-state index in [2.05, 4.69) is 15.8 Å². The lowest BCUT2D eigenvalue weighted by molar-refractivity contribution is 0.0962. The van der Waals surface area contributed by atoms with Gasteiger partial charge in [-0.25, -0.2) is 13.4 Å². The standard InChI is InChI=1S/C16H14ClN3O3S2/c1-9-12(17)6-7-13-14(9)18-16(24-13)20-19-15(21)10-4-3-5-11(8-10)25(2,22)23/h3-8H,1-2H3,(H,18,20)(H,19,21). The molecule has 1 amide bonds. The molecule has 0 saturated carbocycles. The fourth-order valence-corrected chi connectivity index (χ4v) is 3.90. The van der Waals surface area contributed by atoms with Gasteiger partial charge >= 0.3 is 0 Å². The lowest BCUT2D eigenvalue weighted by atomic mass is 10.2. The minimum atomic E-state index is -3.38. The highest BCUT2D eigenvalue weighted by atomic mass is 35.5. The first-order valence-electron chi connectivity index (χ1n) is 7.18. The number of hydrazine groups is 1. The van der Waals surface area contributed by atoms with Crippen LogP contribution in [-0.4, -0.2) is 25.6 Å². The van der Waals surface area contributed by atoms with E-state index in [1.807, 2.05) is 13.0 Å². The number of aryl methyl sites for hydroxylation is 1. The van der Waals surface area contributed by atoms with E-state index in [1.54, 1.807) is 6.07 Å². The number of halogens is 1. The highest BCUT2D eigenvalue weighted by molar-refractivity contribution is 7.90. The number of hydrogen-bond acceptors (Lipinski definition) is 6. The Balaban J connectivity index is 1.78. The first-order valence-corrected chi connectivity index (χ1v) is 10.3. The van der Waals surface area contributed by atoms with Crippen molar-refractivity contribution in [3.63, 3.8) is 0 Å². The van der Waals surface area contributed by atoms with Crippen LogP contribution in [0.5, 0.6) is 0 Å². The van der Waals surface area contributed by atoms with Crippen LogP contribution < -0.4 is 10.9 Å². The second kappa shape index (κ2) is 6.62. The van der Waals surface area contributed by atoms with Crippen molar-refractivity contribution in [2.24, 2.45) is 0 Å². The number of aromatic nitrogens is 1. The highest BCUT2D eigenvalue weighted by Crippen LogP contribution is 2.31. The molecule has 0 aliphatic carbocycles. The second-order valence-corrected chi connectivity index (χ2v) is 8.87. The zero-order chi connectivity index (χ0) is 18.2. The molecule has 0 atom stereocenters. The van der Waals surface area contributed by atoms with Crippen LogP contribution in [0.25, 0.3) is 10.2 Å². The molecule has 3 rings (SSSR count). The predicted octanol–water partition coefficient (Wildman–Crippen LogP) is 3.42. The van der Waals surface area contributed by atoms with E-state index in [-0.39, 0.29) is 10.5 Å². The van der Waals surface area contributed by atoms with E-state index in [9.17, 15) is 13.2 Å². The van der Waals surface area contributed by atoms with Crippen LogP contribution in [-0.2, 0) is 9.84 Å². The molecule has 0 bridgehead atoms. The van der Waals surface area contributed by atoms with Crippen molar-refractivity contribution in [3.8, 4) is 0 Å². The van der Waals surface area contributed by atoms with Crippen molar-refractivity contribution in [2.75, 3.05) is 11.7 Å². The number of carbonyl (C=O) groups excluding carboxylic acids is 1. The van der Waals surface area contributed by atoms with Crippen molar-refractivity contribution >= 4 is 54.0 Å². The lowest BCUT2D eigenvalue weighted by Crippen LogP contribution is -2.29. The van der Waals surface area contributed by atoms with Gasteiger partial charge in [0.2, 0.25) is 5.13 Å². The van der Waals surface area contributed by atoms with Gasteiger partial charge < -0.3 is 0 Å². The molecule has 2 N–H and O–H groups in total. The van der Waals surface area contributed by atoms with Gasteiger partial charge in [0.05, 0.1) is 15.1 Å². The molecule has 0 aliphatic rings. The first kappa shape index (κ1) is 17.7. The molecule has 3 aromatic rings. The summed E-state index contributed by atoms with van der Waals surface area (Å²) in [6.07, 6.45) is 1.09. The lowest BCUT2D eigenvalue weighted by Gasteiger charge is -2.06. The number of nitrogens with zero attached hydrogens (tertiary/aromatic N) is 1. The van der Waals surface area contributed by atoms with Crippen LogP contribution in [0, 0.1) is 6.92 Å². The maximum atomic E-state index is 12.2. The van der Waals surface area contributed by atoms with Gasteiger partial charge in [-0.3, -0.25) is 15.6 Å². The van der Waals surface area contributed by atoms with Gasteiger partial charge in [-0.15, -0.1) is 0 Å². The van der Waals surface area contributed by atoms with E-state index in [4.69, 9.17) is 11.6 Å². The van der Waals surface area contributed by atoms with Crippen molar-refractivity contribution in [2.45, 2.75) is 11.8 Å². The molecule has 25 heavy (non-hydrogen) atoms. The number of carbonyl (C=O) groups is 1. The molecule has 0 aliphatic heterocycles. The van der Waals surface area contributed by atoms with E-state index in [1.165, 1.54) is 35.6 Å². The summed E-state index contributed by atoms with van der Waals surface area (Å²) in [6.45, 7) is 1.88. The van der Waals surface area contributed by atoms with Gasteiger partial charge in [-0.05, 0) is 42.8 Å². The summed E-state index contributed by atoms with van der Waals surface area (Å²) in [5.74, 6) is -0.459. The van der Waals surface area contributed by atoms with E-state index in [0.29, 0.717) is 10.2 Å². The van der Waals surface area contributed by atoms with Crippen molar-refractivity contribution in [3.05, 3.63) is 52.5 Å². The Morgan fingerprint density at radius 3 is 2.72 bits per heavy atom. The summed E-state index contributed by atoms with van der Waals surface area (Å²) < 4.78 is 24.1. The van der Waals surface area contributed by atoms with E-state index in [0.717, 1.165) is 22.0 Å². The molecule has 2 aromatic carbocycles. The number of anilines is 1. The Kier molecular flexibility index (Phi) is 4.68. The number of rotatable bonds is 4. The normalized spacial score (nSPS) is 11.5. The van der Waals surface area contributed by atoms with Crippen LogP contribution >= 0.6 is 22.9 Å². The number of thiazole rings is 1. The monoisotopic (exact) mass is 395 g/mol. The second-order valence-electron chi connectivity index (χ2n) is 5.42. The summed E-state index contributed by atoms with van der Waals surface area (Å²) in [6, 6.07) is 9.50. The number of benzene rings is 2. The molecule has 6 nitrogen and oxygen atoms in total. The first-order chi connectivity index (χ1) is 11.8. The van der Waals surface area contributed by atoms with Gasteiger partial charge in [0, 0.05) is 16.8 Å². The fourth-order valence-electron chi connectivity index (χ4n) is 2.20. The molecule has 1 aromatic heterocycles. The van der Waals surface area contributed by atoms with Crippen LogP contribution in [0.1, 0.15) is 15.9 Å². The van der Waals surface area contributed by atoms with Gasteiger partial charge in [0.15, 0.2) is 9.84 Å². The number of fused-ring (bicyclic) bond motifs is 1. The molecular formula is C16H14ClN3O3S2. The SMILES string of the molecule is Cc1c(Cl)ccc2sc(NNC(=O)c3cccc(S(C)(=O)=O)c3)nc12. The molecule has 0 fully saturated rings. The fraction of sp³-hybridized carbons (Fsp3) is 0.125. The van der Waals surface area contributed by atoms with Crippen molar-refractivity contribution in [1.29, 1.82) is 0 Å². The minimum absolute atomic E-state index is 0.0883. The number of hydrogen-bond donors (Lipinski definition) is 2. The topological polar surface area (TPSA) is 88.2 Å². The molecule has 130 valence electrons. The molecule has 9 heteroatoms. The Morgan fingerprint density at radius 2 is 2.00 bits per heavy atom. The van der Waals surface area contributed by atoms with E-state index < -0.39 is 15.7 Å². The van der Waals surface area contributed by atoms with Crippen molar-refractivity contribution < 1.29 is 13.2 Å². The quantitative estimate of drug-likeness (QED) is 0.661. The minimum Gasteiger partial charge on any atom is -0.273 e. The molecule has 0 saturated heterocycles. The Morgan fingerprint density at radius 1 is 1.24 bits per heavy atom. The number of sulfone groups is 1. The van der Waals surface area contributed by atoms with Gasteiger partial charge in [0.1, 0.15) is 0 Å². The summed E-state index contributed by atoms with van der Waals surface area (Å²) >= 11 is 7.45. The van der Waals surface area contributed by atoms with Crippen molar-refractivity contribution in [1.82, 2.24) is 10.4 Å². The largest absolute Gasteiger partial charge is 0.273 e. The molecular weight excluding hydrogens is 382 g/mol. The smallest absolute Gasteiger partial charge is 0.269 e. The van der Waals surface area contributed by atoms with Gasteiger partial charge in [0.25, 0.3) is 5.91 Å². The summed E-state index contributed by atoms with van der Waals surface area (Å²) in [7, 11) is -3.38. The third-order valence-corrected chi connectivity index (χ3v) is 6.01. The van der Waals surface area contributed by atoms with Crippen LogP contribution in [0.2, 0.25) is 5.02 Å². The predicted molar refractivity (Wildman–Crippen MR) is 100 cm³/mol. The Hall–Kier alpha value is -2.16. The third kappa shape index (κ3) is 3.76. The summed E-state index contributed by atoms with van der Waals surface area (Å²) in [5, 5.41) is 1.14. The zero-order valence-electron chi connectivity index (χ0n) is 13.3. The van der Waals surface area contributed by atoms with Gasteiger partial charge in [-0.1, -0.05) is 29.0 Å².